The van der Waals surface area contributed by atoms with Crippen LogP contribution in [0, 0.1) is 0 Å². The van der Waals surface area contributed by atoms with Crippen LogP contribution in [0.3, 0.4) is 0 Å². The monoisotopic (exact) mass is 232 g/mol. The Kier molecular flexibility index (Phi) is 11.3. The van der Waals surface area contributed by atoms with Crippen molar-refractivity contribution in [3.8, 4) is 0 Å². The average molecular weight is 232 g/mol. The van der Waals surface area contributed by atoms with Crippen LogP contribution in [0.4, 0.5) is 0 Å². The normalized spacial score (nSPS) is 15.0. The van der Waals surface area contributed by atoms with Gasteiger partial charge in [0.25, 0.3) is 0 Å². The van der Waals surface area contributed by atoms with E-state index in [4.69, 9.17) is 5.11 Å². The molecule has 2 atom stereocenters. The summed E-state index contributed by atoms with van der Waals surface area (Å²) < 4.78 is 0. The molecular formula is C13H28O3. The highest BCUT2D eigenvalue weighted by Crippen LogP contribution is 2.12. The Labute approximate surface area is 99.5 Å². The lowest BCUT2D eigenvalue weighted by atomic mass is 10.0. The molecule has 0 radical (unpaired) electrons. The summed E-state index contributed by atoms with van der Waals surface area (Å²) in [7, 11) is 0. The van der Waals surface area contributed by atoms with Gasteiger partial charge < -0.3 is 15.3 Å². The van der Waals surface area contributed by atoms with E-state index in [2.05, 4.69) is 6.92 Å². The highest BCUT2D eigenvalue weighted by atomic mass is 16.3. The van der Waals surface area contributed by atoms with Gasteiger partial charge in [0.05, 0.1) is 12.2 Å². The summed E-state index contributed by atoms with van der Waals surface area (Å²) in [5.74, 6) is 0. The van der Waals surface area contributed by atoms with Crippen molar-refractivity contribution in [1.29, 1.82) is 0 Å². The molecule has 0 saturated heterocycles. The number of hydrogen-bond donors (Lipinski definition) is 3. The van der Waals surface area contributed by atoms with Crippen LogP contribution in [0.1, 0.15) is 64.7 Å². The van der Waals surface area contributed by atoms with Crippen molar-refractivity contribution in [3.05, 3.63) is 0 Å². The molecule has 0 heterocycles. The first-order chi connectivity index (χ1) is 7.72. The second kappa shape index (κ2) is 11.4. The second-order valence-corrected chi connectivity index (χ2v) is 4.56. The van der Waals surface area contributed by atoms with Crippen LogP contribution in [-0.2, 0) is 0 Å². The van der Waals surface area contributed by atoms with Gasteiger partial charge in [0.1, 0.15) is 0 Å². The van der Waals surface area contributed by atoms with Gasteiger partial charge in [-0.3, -0.25) is 0 Å². The number of hydrogen-bond acceptors (Lipinski definition) is 3. The van der Waals surface area contributed by atoms with Gasteiger partial charge in [-0.1, -0.05) is 51.9 Å². The SMILES string of the molecule is CCCCCCCCCC(O)C(O)CCO. The van der Waals surface area contributed by atoms with Gasteiger partial charge in [0.15, 0.2) is 0 Å². The van der Waals surface area contributed by atoms with E-state index >= 15 is 0 Å². The summed E-state index contributed by atoms with van der Waals surface area (Å²) in [4.78, 5) is 0. The van der Waals surface area contributed by atoms with Crippen LogP contribution in [0.2, 0.25) is 0 Å². The molecule has 0 aliphatic heterocycles. The predicted molar refractivity (Wildman–Crippen MR) is 66.3 cm³/mol. The minimum atomic E-state index is -0.759. The summed E-state index contributed by atoms with van der Waals surface area (Å²) >= 11 is 0. The van der Waals surface area contributed by atoms with Gasteiger partial charge in [-0.2, -0.15) is 0 Å². The molecule has 0 aromatic carbocycles. The van der Waals surface area contributed by atoms with Crippen molar-refractivity contribution in [2.24, 2.45) is 0 Å². The highest BCUT2D eigenvalue weighted by Gasteiger charge is 2.14. The molecule has 0 aromatic heterocycles. The lowest BCUT2D eigenvalue weighted by molar-refractivity contribution is -0.000105. The molecule has 0 aromatic rings. The number of aliphatic hydroxyl groups is 3. The first-order valence-corrected chi connectivity index (χ1v) is 6.69. The fourth-order valence-electron chi connectivity index (χ4n) is 1.83. The molecule has 16 heavy (non-hydrogen) atoms. The average Bonchev–Trinajstić information content (AvgIpc) is 2.28. The van der Waals surface area contributed by atoms with Gasteiger partial charge in [0, 0.05) is 6.61 Å². The summed E-state index contributed by atoms with van der Waals surface area (Å²) in [5.41, 5.74) is 0. The van der Waals surface area contributed by atoms with Crippen molar-refractivity contribution in [2.75, 3.05) is 6.61 Å². The van der Waals surface area contributed by atoms with Crippen LogP contribution in [0.25, 0.3) is 0 Å². The third-order valence-electron chi connectivity index (χ3n) is 2.97. The van der Waals surface area contributed by atoms with Crippen LogP contribution in [-0.4, -0.2) is 34.1 Å². The maximum atomic E-state index is 9.53. The van der Waals surface area contributed by atoms with Crippen molar-refractivity contribution in [1.82, 2.24) is 0 Å². The van der Waals surface area contributed by atoms with Gasteiger partial charge in [-0.05, 0) is 12.8 Å². The molecule has 0 rings (SSSR count). The van der Waals surface area contributed by atoms with E-state index in [1.54, 1.807) is 0 Å². The topological polar surface area (TPSA) is 60.7 Å². The maximum absolute atomic E-state index is 9.53. The summed E-state index contributed by atoms with van der Waals surface area (Å²) in [6.07, 6.45) is 8.00. The summed E-state index contributed by atoms with van der Waals surface area (Å²) in [6.45, 7) is 2.15. The van der Waals surface area contributed by atoms with Gasteiger partial charge >= 0.3 is 0 Å². The molecule has 3 nitrogen and oxygen atoms in total. The molecule has 0 spiro atoms. The Morgan fingerprint density at radius 2 is 1.25 bits per heavy atom. The second-order valence-electron chi connectivity index (χ2n) is 4.56. The van der Waals surface area contributed by atoms with Gasteiger partial charge in [-0.15, -0.1) is 0 Å². The Bertz CT molecular complexity index is 139. The molecule has 3 N–H and O–H groups in total. The molecule has 0 saturated carbocycles. The highest BCUT2D eigenvalue weighted by molar-refractivity contribution is 4.66. The van der Waals surface area contributed by atoms with E-state index in [1.807, 2.05) is 0 Å². The predicted octanol–water partition coefficient (Wildman–Crippen LogP) is 2.23. The van der Waals surface area contributed by atoms with E-state index in [0.29, 0.717) is 6.42 Å². The fraction of sp³-hybridized carbons (Fsp3) is 1.00. The van der Waals surface area contributed by atoms with Crippen LogP contribution < -0.4 is 0 Å². The molecule has 3 heteroatoms. The zero-order valence-corrected chi connectivity index (χ0v) is 10.6. The lowest BCUT2D eigenvalue weighted by Gasteiger charge is -2.16. The number of unbranched alkanes of at least 4 members (excludes halogenated alkanes) is 6. The van der Waals surface area contributed by atoms with Crippen molar-refractivity contribution >= 4 is 0 Å². The van der Waals surface area contributed by atoms with Crippen LogP contribution in [0.5, 0.6) is 0 Å². The quantitative estimate of drug-likeness (QED) is 0.479. The Morgan fingerprint density at radius 3 is 1.81 bits per heavy atom. The first-order valence-electron chi connectivity index (χ1n) is 6.69. The summed E-state index contributed by atoms with van der Waals surface area (Å²) in [6, 6.07) is 0. The third-order valence-corrected chi connectivity index (χ3v) is 2.97. The number of rotatable bonds is 11. The number of aliphatic hydroxyl groups excluding tert-OH is 3. The zero-order valence-electron chi connectivity index (χ0n) is 10.6. The molecule has 0 bridgehead atoms. The molecule has 0 amide bonds. The molecule has 98 valence electrons. The third kappa shape index (κ3) is 9.13. The first kappa shape index (κ1) is 15.9. The lowest BCUT2D eigenvalue weighted by Crippen LogP contribution is -2.26. The van der Waals surface area contributed by atoms with E-state index < -0.39 is 12.2 Å². The largest absolute Gasteiger partial charge is 0.396 e. The molecular weight excluding hydrogens is 204 g/mol. The Morgan fingerprint density at radius 1 is 0.750 bits per heavy atom. The molecule has 0 aliphatic carbocycles. The van der Waals surface area contributed by atoms with Crippen LogP contribution in [0.15, 0.2) is 0 Å². The fourth-order valence-corrected chi connectivity index (χ4v) is 1.83. The standard InChI is InChI=1S/C13H28O3/c1-2-3-4-5-6-7-8-9-12(15)13(16)10-11-14/h12-16H,2-11H2,1H3. The maximum Gasteiger partial charge on any atom is 0.0820 e. The van der Waals surface area contributed by atoms with Crippen molar-refractivity contribution < 1.29 is 15.3 Å². The summed E-state index contributed by atoms with van der Waals surface area (Å²) in [5, 5.41) is 27.5. The molecule has 2 unspecified atom stereocenters. The van der Waals surface area contributed by atoms with E-state index in [9.17, 15) is 10.2 Å². The van der Waals surface area contributed by atoms with Crippen molar-refractivity contribution in [3.63, 3.8) is 0 Å². The van der Waals surface area contributed by atoms with Crippen molar-refractivity contribution in [2.45, 2.75) is 76.9 Å². The minimum Gasteiger partial charge on any atom is -0.396 e. The van der Waals surface area contributed by atoms with Crippen LogP contribution >= 0.6 is 0 Å². The van der Waals surface area contributed by atoms with E-state index in [1.165, 1.54) is 32.1 Å². The van der Waals surface area contributed by atoms with E-state index in [-0.39, 0.29) is 13.0 Å². The molecule has 0 fully saturated rings. The van der Waals surface area contributed by atoms with Gasteiger partial charge in [-0.25, -0.2) is 0 Å². The van der Waals surface area contributed by atoms with E-state index in [0.717, 1.165) is 12.8 Å². The Hall–Kier alpha value is -0.120. The zero-order chi connectivity index (χ0) is 12.2. The van der Waals surface area contributed by atoms with Gasteiger partial charge in [0.2, 0.25) is 0 Å². The smallest absolute Gasteiger partial charge is 0.0820 e. The minimum absolute atomic E-state index is 0.0603. The molecule has 0 aliphatic rings. The Balaban J connectivity index is 3.23.